The zero-order chi connectivity index (χ0) is 12.7. The minimum Gasteiger partial charge on any atom is -0.478 e. The summed E-state index contributed by atoms with van der Waals surface area (Å²) in [6.45, 7) is 3.35. The minimum atomic E-state index is -0.888. The zero-order valence-corrected chi connectivity index (χ0v) is 10.3. The summed E-state index contributed by atoms with van der Waals surface area (Å²) >= 11 is 0. The molecule has 0 fully saturated rings. The van der Waals surface area contributed by atoms with Crippen LogP contribution in [0.2, 0.25) is 0 Å². The van der Waals surface area contributed by atoms with Gasteiger partial charge in [0, 0.05) is 37.5 Å². The normalized spacial score (nSPS) is 11.8. The molecule has 0 radical (unpaired) electrons. The zero-order valence-electron chi connectivity index (χ0n) is 10.3. The smallest absolute Gasteiger partial charge is 0.328 e. The lowest BCUT2D eigenvalue weighted by Crippen LogP contribution is -2.23. The van der Waals surface area contributed by atoms with Crippen LogP contribution in [0.4, 0.5) is 0 Å². The molecule has 17 heavy (non-hydrogen) atoms. The van der Waals surface area contributed by atoms with Crippen molar-refractivity contribution < 1.29 is 9.90 Å². The van der Waals surface area contributed by atoms with Gasteiger partial charge < -0.3 is 10.0 Å². The van der Waals surface area contributed by atoms with Crippen LogP contribution in [0.25, 0.3) is 0 Å². The van der Waals surface area contributed by atoms with Crippen molar-refractivity contribution in [3.8, 4) is 0 Å². The van der Waals surface area contributed by atoms with Crippen LogP contribution < -0.4 is 0 Å². The van der Waals surface area contributed by atoms with Gasteiger partial charge in [0.25, 0.3) is 0 Å². The Hall–Kier alpha value is -1.68. The number of aliphatic carboxylic acids is 1. The van der Waals surface area contributed by atoms with Gasteiger partial charge in [-0.25, -0.2) is 4.79 Å². The summed E-state index contributed by atoms with van der Waals surface area (Å²) in [5.41, 5.74) is 1.90. The molecule has 1 heterocycles. The van der Waals surface area contributed by atoms with E-state index in [0.717, 1.165) is 24.2 Å². The molecule has 4 nitrogen and oxygen atoms in total. The molecule has 1 aromatic rings. The van der Waals surface area contributed by atoms with Crippen LogP contribution in [0, 0.1) is 0 Å². The maximum Gasteiger partial charge on any atom is 0.328 e. The molecule has 0 atom stereocenters. The first-order chi connectivity index (χ1) is 8.08. The molecule has 0 aliphatic rings. The van der Waals surface area contributed by atoms with E-state index < -0.39 is 5.97 Å². The molecule has 0 bridgehead atoms. The third-order valence-electron chi connectivity index (χ3n) is 2.37. The van der Waals surface area contributed by atoms with Crippen LogP contribution in [0.1, 0.15) is 12.6 Å². The van der Waals surface area contributed by atoms with E-state index in [-0.39, 0.29) is 0 Å². The summed E-state index contributed by atoms with van der Waals surface area (Å²) in [6.07, 6.45) is 3.90. The van der Waals surface area contributed by atoms with Crippen LogP contribution in [-0.4, -0.2) is 41.1 Å². The SMILES string of the molecule is C/C(=C\C(=O)O)CN(C)CCc1ccccn1. The number of aromatic nitrogens is 1. The second-order valence-electron chi connectivity index (χ2n) is 4.14. The molecule has 0 unspecified atom stereocenters. The summed E-state index contributed by atoms with van der Waals surface area (Å²) in [5, 5.41) is 8.60. The highest BCUT2D eigenvalue weighted by atomic mass is 16.4. The fourth-order valence-electron chi connectivity index (χ4n) is 1.61. The Morgan fingerprint density at radius 1 is 1.53 bits per heavy atom. The Kier molecular flexibility index (Phi) is 5.36. The Balaban J connectivity index is 2.35. The average Bonchev–Trinajstić information content (AvgIpc) is 2.26. The van der Waals surface area contributed by atoms with E-state index >= 15 is 0 Å². The van der Waals surface area contributed by atoms with Crippen LogP contribution in [-0.2, 0) is 11.2 Å². The van der Waals surface area contributed by atoms with Gasteiger partial charge in [0.2, 0.25) is 0 Å². The lowest BCUT2D eigenvalue weighted by Gasteiger charge is -2.16. The summed E-state index contributed by atoms with van der Waals surface area (Å²) in [6, 6.07) is 5.86. The number of carboxylic acids is 1. The molecule has 1 rings (SSSR count). The van der Waals surface area contributed by atoms with E-state index in [4.69, 9.17) is 5.11 Å². The van der Waals surface area contributed by atoms with Gasteiger partial charge in [-0.3, -0.25) is 4.98 Å². The van der Waals surface area contributed by atoms with Crippen molar-refractivity contribution in [2.75, 3.05) is 20.1 Å². The van der Waals surface area contributed by atoms with Gasteiger partial charge in [0.05, 0.1) is 0 Å². The number of rotatable bonds is 6. The molecule has 1 N–H and O–H groups in total. The third kappa shape index (κ3) is 5.82. The summed E-state index contributed by atoms with van der Waals surface area (Å²) in [5.74, 6) is -0.888. The molecular formula is C13H18N2O2. The van der Waals surface area contributed by atoms with Crippen molar-refractivity contribution in [2.45, 2.75) is 13.3 Å². The summed E-state index contributed by atoms with van der Waals surface area (Å²) < 4.78 is 0. The predicted octanol–water partition coefficient (Wildman–Crippen LogP) is 1.59. The van der Waals surface area contributed by atoms with E-state index in [9.17, 15) is 4.79 Å². The average molecular weight is 234 g/mol. The Morgan fingerprint density at radius 2 is 2.29 bits per heavy atom. The molecule has 0 saturated carbocycles. The second kappa shape index (κ2) is 6.81. The Morgan fingerprint density at radius 3 is 2.88 bits per heavy atom. The number of carbonyl (C=O) groups is 1. The number of pyridine rings is 1. The fourth-order valence-corrected chi connectivity index (χ4v) is 1.61. The second-order valence-corrected chi connectivity index (χ2v) is 4.14. The van der Waals surface area contributed by atoms with Crippen molar-refractivity contribution in [3.63, 3.8) is 0 Å². The lowest BCUT2D eigenvalue weighted by molar-refractivity contribution is -0.131. The highest BCUT2D eigenvalue weighted by Gasteiger charge is 2.02. The van der Waals surface area contributed by atoms with Crippen LogP contribution in [0.5, 0.6) is 0 Å². The molecule has 0 aliphatic carbocycles. The van der Waals surface area contributed by atoms with Crippen molar-refractivity contribution in [3.05, 3.63) is 41.7 Å². The molecular weight excluding hydrogens is 216 g/mol. The van der Waals surface area contributed by atoms with Gasteiger partial charge in [0.1, 0.15) is 0 Å². The van der Waals surface area contributed by atoms with Gasteiger partial charge in [-0.15, -0.1) is 0 Å². The van der Waals surface area contributed by atoms with E-state index in [1.165, 1.54) is 6.08 Å². The van der Waals surface area contributed by atoms with E-state index in [0.29, 0.717) is 6.54 Å². The van der Waals surface area contributed by atoms with E-state index in [1.54, 1.807) is 6.20 Å². The number of nitrogens with zero attached hydrogens (tertiary/aromatic N) is 2. The van der Waals surface area contributed by atoms with Crippen LogP contribution in [0.15, 0.2) is 36.0 Å². The van der Waals surface area contributed by atoms with E-state index in [1.807, 2.05) is 32.2 Å². The quantitative estimate of drug-likeness (QED) is 0.759. The predicted molar refractivity (Wildman–Crippen MR) is 66.8 cm³/mol. The summed E-state index contributed by atoms with van der Waals surface area (Å²) in [4.78, 5) is 16.8. The van der Waals surface area contributed by atoms with Crippen LogP contribution in [0.3, 0.4) is 0 Å². The first-order valence-electron chi connectivity index (χ1n) is 5.56. The molecule has 1 aromatic heterocycles. The molecule has 4 heteroatoms. The first kappa shape index (κ1) is 13.4. The van der Waals surface area contributed by atoms with Gasteiger partial charge in [0.15, 0.2) is 0 Å². The van der Waals surface area contributed by atoms with Gasteiger partial charge in [-0.05, 0) is 26.1 Å². The van der Waals surface area contributed by atoms with Crippen molar-refractivity contribution in [2.24, 2.45) is 0 Å². The number of hydrogen-bond donors (Lipinski definition) is 1. The topological polar surface area (TPSA) is 53.4 Å². The standard InChI is InChI=1S/C13H18N2O2/c1-11(9-13(16)17)10-15(2)8-6-12-5-3-4-7-14-12/h3-5,7,9H,6,8,10H2,1-2H3,(H,16,17)/b11-9+. The van der Waals surface area contributed by atoms with Gasteiger partial charge in [-0.1, -0.05) is 11.6 Å². The molecule has 0 spiro atoms. The Labute approximate surface area is 102 Å². The van der Waals surface area contributed by atoms with E-state index in [2.05, 4.69) is 9.88 Å². The fraction of sp³-hybridized carbons (Fsp3) is 0.385. The minimum absolute atomic E-state index is 0.666. The molecule has 0 aromatic carbocycles. The largest absolute Gasteiger partial charge is 0.478 e. The first-order valence-corrected chi connectivity index (χ1v) is 5.56. The molecule has 92 valence electrons. The van der Waals surface area contributed by atoms with Gasteiger partial charge >= 0.3 is 5.97 Å². The number of likely N-dealkylation sites (N-methyl/N-ethyl adjacent to an activating group) is 1. The Bertz CT molecular complexity index is 388. The van der Waals surface area contributed by atoms with Crippen LogP contribution >= 0.6 is 0 Å². The van der Waals surface area contributed by atoms with Crippen molar-refractivity contribution in [1.82, 2.24) is 9.88 Å². The molecule has 0 saturated heterocycles. The number of hydrogen-bond acceptors (Lipinski definition) is 3. The monoisotopic (exact) mass is 234 g/mol. The maximum absolute atomic E-state index is 10.5. The molecule has 0 amide bonds. The highest BCUT2D eigenvalue weighted by molar-refractivity contribution is 5.80. The summed E-state index contributed by atoms with van der Waals surface area (Å²) in [7, 11) is 1.97. The lowest BCUT2D eigenvalue weighted by atomic mass is 10.2. The third-order valence-corrected chi connectivity index (χ3v) is 2.37. The van der Waals surface area contributed by atoms with Crippen molar-refractivity contribution in [1.29, 1.82) is 0 Å². The highest BCUT2D eigenvalue weighted by Crippen LogP contribution is 2.00. The molecule has 0 aliphatic heterocycles. The maximum atomic E-state index is 10.5. The number of carboxylic acid groups (broad SMARTS) is 1. The van der Waals surface area contributed by atoms with Gasteiger partial charge in [-0.2, -0.15) is 0 Å². The van der Waals surface area contributed by atoms with Crippen molar-refractivity contribution >= 4 is 5.97 Å².